The van der Waals surface area contributed by atoms with Crippen LogP contribution in [0.2, 0.25) is 0 Å². The predicted molar refractivity (Wildman–Crippen MR) is 109 cm³/mol. The molecule has 0 saturated heterocycles. The maximum Gasteiger partial charge on any atom is 0.323 e. The first-order valence-corrected chi connectivity index (χ1v) is 9.02. The lowest BCUT2D eigenvalue weighted by Crippen LogP contribution is -2.45. The number of azide groups is 1. The molecule has 1 aromatic heterocycles. The van der Waals surface area contributed by atoms with E-state index in [1.54, 1.807) is 0 Å². The maximum atomic E-state index is 9.30. The molecule has 2 aromatic carbocycles. The highest BCUT2D eigenvalue weighted by Gasteiger charge is 2.44. The van der Waals surface area contributed by atoms with Gasteiger partial charge < -0.3 is 18.9 Å². The summed E-state index contributed by atoms with van der Waals surface area (Å²) in [4.78, 5) is 11.3. The molecule has 1 heterocycles. The van der Waals surface area contributed by atoms with Crippen molar-refractivity contribution in [2.75, 3.05) is 21.3 Å². The van der Waals surface area contributed by atoms with Gasteiger partial charge in [0.15, 0.2) is 5.60 Å². The van der Waals surface area contributed by atoms with Crippen molar-refractivity contribution >= 4 is 0 Å². The minimum Gasteiger partial charge on any atom is -0.481 e. The SMILES string of the molecule is COc1cc(OC)nc(O[C@H](N=[N+]=[N-])C(OC)(c2ccccc2)c2ccccc2)n1. The standard InChI is InChI=1S/C21H21N5O4/c1-27-17-14-18(28-2)24-20(23-17)30-19(25-26-22)21(29-3,15-10-6-4-7-11-15)16-12-8-5-9-13-16/h4-14,19H,1-3H3/t19-/m0/s1. The molecule has 1 atom stereocenters. The van der Waals surface area contributed by atoms with Crippen molar-refractivity contribution in [2.45, 2.75) is 11.8 Å². The van der Waals surface area contributed by atoms with Crippen molar-refractivity contribution in [1.82, 2.24) is 9.97 Å². The van der Waals surface area contributed by atoms with E-state index >= 15 is 0 Å². The molecule has 0 N–H and O–H groups in total. The van der Waals surface area contributed by atoms with E-state index in [-0.39, 0.29) is 17.8 Å². The van der Waals surface area contributed by atoms with Crippen molar-refractivity contribution in [3.63, 3.8) is 0 Å². The zero-order valence-corrected chi connectivity index (χ0v) is 16.8. The summed E-state index contributed by atoms with van der Waals surface area (Å²) in [6, 6.07) is 20.1. The van der Waals surface area contributed by atoms with Gasteiger partial charge in [-0.2, -0.15) is 9.97 Å². The quantitative estimate of drug-likeness (QED) is 0.300. The fraction of sp³-hybridized carbons (Fsp3) is 0.238. The molecule has 0 saturated carbocycles. The van der Waals surface area contributed by atoms with E-state index in [1.165, 1.54) is 27.4 Å². The molecule has 0 fully saturated rings. The van der Waals surface area contributed by atoms with Crippen LogP contribution < -0.4 is 14.2 Å². The van der Waals surface area contributed by atoms with Gasteiger partial charge in [0, 0.05) is 12.0 Å². The summed E-state index contributed by atoms with van der Waals surface area (Å²) in [7, 11) is 4.45. The highest BCUT2D eigenvalue weighted by Crippen LogP contribution is 2.39. The van der Waals surface area contributed by atoms with E-state index in [0.29, 0.717) is 0 Å². The number of hydrogen-bond donors (Lipinski definition) is 0. The van der Waals surface area contributed by atoms with Crippen LogP contribution in [0, 0.1) is 0 Å². The third-order valence-corrected chi connectivity index (χ3v) is 4.53. The Morgan fingerprint density at radius 2 is 1.37 bits per heavy atom. The summed E-state index contributed by atoms with van der Waals surface area (Å²) in [6.07, 6.45) is -1.19. The summed E-state index contributed by atoms with van der Waals surface area (Å²) < 4.78 is 22.3. The topological polar surface area (TPSA) is 111 Å². The van der Waals surface area contributed by atoms with Crippen LogP contribution in [0.25, 0.3) is 10.4 Å². The van der Waals surface area contributed by atoms with Crippen molar-refractivity contribution in [1.29, 1.82) is 0 Å². The zero-order chi connectivity index (χ0) is 21.4. The third-order valence-electron chi connectivity index (χ3n) is 4.53. The first-order valence-electron chi connectivity index (χ1n) is 9.02. The van der Waals surface area contributed by atoms with Crippen LogP contribution in [0.15, 0.2) is 71.8 Å². The minimum atomic E-state index is -1.27. The Morgan fingerprint density at radius 3 is 1.77 bits per heavy atom. The van der Waals surface area contributed by atoms with Gasteiger partial charge in [-0.15, -0.1) is 0 Å². The third kappa shape index (κ3) is 4.12. The summed E-state index contributed by atoms with van der Waals surface area (Å²) in [5, 5.41) is 3.90. The molecule has 0 aliphatic heterocycles. The smallest absolute Gasteiger partial charge is 0.323 e. The zero-order valence-electron chi connectivity index (χ0n) is 16.8. The molecule has 0 aliphatic rings. The van der Waals surface area contributed by atoms with Crippen molar-refractivity contribution in [3.8, 4) is 17.8 Å². The molecule has 0 amide bonds. The first kappa shape index (κ1) is 20.9. The Morgan fingerprint density at radius 1 is 0.867 bits per heavy atom. The molecular weight excluding hydrogens is 386 g/mol. The molecule has 3 aromatic rings. The monoisotopic (exact) mass is 407 g/mol. The lowest BCUT2D eigenvalue weighted by molar-refractivity contribution is -0.0678. The molecule has 154 valence electrons. The van der Waals surface area contributed by atoms with Crippen LogP contribution >= 0.6 is 0 Å². The lowest BCUT2D eigenvalue weighted by atomic mass is 9.84. The molecule has 3 rings (SSSR count). The van der Waals surface area contributed by atoms with Crippen LogP contribution in [0.1, 0.15) is 11.1 Å². The minimum absolute atomic E-state index is 0.0862. The van der Waals surface area contributed by atoms with Gasteiger partial charge in [0.2, 0.25) is 18.0 Å². The fourth-order valence-corrected chi connectivity index (χ4v) is 3.14. The molecule has 0 radical (unpaired) electrons. The lowest BCUT2D eigenvalue weighted by Gasteiger charge is -2.37. The Balaban J connectivity index is 2.18. The normalized spacial score (nSPS) is 11.8. The van der Waals surface area contributed by atoms with E-state index in [0.717, 1.165) is 11.1 Å². The van der Waals surface area contributed by atoms with Crippen LogP contribution in [-0.2, 0) is 10.3 Å². The Bertz CT molecular complexity index is 949. The van der Waals surface area contributed by atoms with Crippen LogP contribution in [-0.4, -0.2) is 37.5 Å². The van der Waals surface area contributed by atoms with Crippen molar-refractivity contribution in [2.24, 2.45) is 5.11 Å². The summed E-state index contributed by atoms with van der Waals surface area (Å²) in [5.74, 6) is 0.470. The van der Waals surface area contributed by atoms with E-state index < -0.39 is 11.8 Å². The number of aromatic nitrogens is 2. The van der Waals surface area contributed by atoms with E-state index in [4.69, 9.17) is 18.9 Å². The Labute approximate surface area is 173 Å². The number of nitrogens with zero attached hydrogens (tertiary/aromatic N) is 5. The molecule has 0 aliphatic carbocycles. The fourth-order valence-electron chi connectivity index (χ4n) is 3.14. The Kier molecular flexibility index (Phi) is 6.69. The predicted octanol–water partition coefficient (Wildman–Crippen LogP) is 4.10. The van der Waals surface area contributed by atoms with Gasteiger partial charge in [-0.05, 0) is 21.8 Å². The summed E-state index contributed by atoms with van der Waals surface area (Å²) in [6.45, 7) is 0. The highest BCUT2D eigenvalue weighted by molar-refractivity contribution is 5.38. The van der Waals surface area contributed by atoms with Crippen LogP contribution in [0.3, 0.4) is 0 Å². The van der Waals surface area contributed by atoms with Gasteiger partial charge in [0.1, 0.15) is 0 Å². The average molecular weight is 407 g/mol. The van der Waals surface area contributed by atoms with E-state index in [9.17, 15) is 5.53 Å². The second-order valence-corrected chi connectivity index (χ2v) is 6.08. The van der Waals surface area contributed by atoms with Crippen molar-refractivity contribution < 1.29 is 18.9 Å². The first-order chi connectivity index (χ1) is 14.7. The summed E-state index contributed by atoms with van der Waals surface area (Å²) >= 11 is 0. The largest absolute Gasteiger partial charge is 0.481 e. The second-order valence-electron chi connectivity index (χ2n) is 6.08. The van der Waals surface area contributed by atoms with E-state index in [1.807, 2.05) is 60.7 Å². The molecule has 0 unspecified atom stereocenters. The van der Waals surface area contributed by atoms with Crippen LogP contribution in [0.5, 0.6) is 17.8 Å². The van der Waals surface area contributed by atoms with Gasteiger partial charge >= 0.3 is 6.01 Å². The van der Waals surface area contributed by atoms with Gasteiger partial charge in [-0.3, -0.25) is 0 Å². The molecule has 9 nitrogen and oxygen atoms in total. The van der Waals surface area contributed by atoms with Crippen molar-refractivity contribution in [3.05, 3.63) is 88.3 Å². The molecule has 9 heteroatoms. The second kappa shape index (κ2) is 9.60. The van der Waals surface area contributed by atoms with Gasteiger partial charge in [-0.1, -0.05) is 60.7 Å². The molecular formula is C21H21N5O4. The molecule has 30 heavy (non-hydrogen) atoms. The van der Waals surface area contributed by atoms with Gasteiger partial charge in [-0.25, -0.2) is 0 Å². The maximum absolute atomic E-state index is 9.30. The molecule has 0 bridgehead atoms. The number of ether oxygens (including phenoxy) is 4. The van der Waals surface area contributed by atoms with Gasteiger partial charge in [0.25, 0.3) is 0 Å². The average Bonchev–Trinajstić information content (AvgIpc) is 2.81. The summed E-state index contributed by atoms with van der Waals surface area (Å²) in [5.41, 5.74) is 9.49. The van der Waals surface area contributed by atoms with Gasteiger partial charge in [0.05, 0.1) is 20.3 Å². The number of rotatable bonds is 9. The number of hydrogen-bond acceptors (Lipinski definition) is 7. The number of methoxy groups -OCH3 is 3. The van der Waals surface area contributed by atoms with Crippen LogP contribution in [0.4, 0.5) is 0 Å². The Hall–Kier alpha value is -3.81. The number of benzene rings is 2. The van der Waals surface area contributed by atoms with E-state index in [2.05, 4.69) is 20.0 Å². The highest BCUT2D eigenvalue weighted by atomic mass is 16.6. The molecule has 0 spiro atoms.